The van der Waals surface area contributed by atoms with Crippen LogP contribution in [0.15, 0.2) is 0 Å². The van der Waals surface area contributed by atoms with Gasteiger partial charge in [0, 0.05) is 7.74 Å². The van der Waals surface area contributed by atoms with Crippen molar-refractivity contribution in [2.75, 3.05) is 13.6 Å². The third-order valence-electron chi connectivity index (χ3n) is 0.639. The van der Waals surface area contributed by atoms with E-state index in [2.05, 4.69) is 0 Å². The molecule has 3 radical (unpaired) electrons. The first-order valence-electron chi connectivity index (χ1n) is 2.14. The second kappa shape index (κ2) is 3.55. The molecule has 0 amide bonds. The summed E-state index contributed by atoms with van der Waals surface area (Å²) in [5.41, 5.74) is 0. The maximum absolute atomic E-state index is 9.85. The van der Waals surface area contributed by atoms with Crippen LogP contribution in [0.3, 0.4) is 0 Å². The van der Waals surface area contributed by atoms with Crippen molar-refractivity contribution in [1.29, 1.82) is 0 Å². The van der Waals surface area contributed by atoms with Gasteiger partial charge in [0.05, 0.1) is 6.54 Å². The number of carboxylic acid groups (broad SMARTS) is 1. The molecule has 41 valence electrons. The summed E-state index contributed by atoms with van der Waals surface area (Å²) >= 11 is 0. The number of hydrogen-bond donors (Lipinski definition) is 1. The van der Waals surface area contributed by atoms with Crippen molar-refractivity contribution in [1.82, 2.24) is 4.81 Å². The predicted octanol–water partition coefficient (Wildman–Crippen LogP) is -1.29. The predicted molar refractivity (Wildman–Crippen MR) is 31.8 cm³/mol. The van der Waals surface area contributed by atoms with Crippen LogP contribution in [0.1, 0.15) is 0 Å². The minimum atomic E-state index is -0.880. The molecule has 0 saturated heterocycles. The molecule has 3 nitrogen and oxygen atoms in total. The maximum atomic E-state index is 9.85. The summed E-state index contributed by atoms with van der Waals surface area (Å²) in [6.45, 7) is -0.0451. The third-order valence-corrected chi connectivity index (χ3v) is 0.639. The molecule has 0 aromatic carbocycles. The molecule has 0 aliphatic carbocycles. The van der Waals surface area contributed by atoms with Gasteiger partial charge in [0.1, 0.15) is 7.31 Å². The van der Waals surface area contributed by atoms with Gasteiger partial charge in [0.15, 0.2) is 0 Å². The van der Waals surface area contributed by atoms with Gasteiger partial charge in [-0.05, 0) is 7.05 Å². The van der Waals surface area contributed by atoms with Gasteiger partial charge in [-0.25, -0.2) is 0 Å². The monoisotopic (exact) mass is 110 g/mol. The number of hydrogen-bond acceptors (Lipinski definition) is 2. The molecular formula is C3H6B2NO2. The Morgan fingerprint density at radius 1 is 2.00 bits per heavy atom. The Labute approximate surface area is 50.3 Å². The molecule has 0 bridgehead atoms. The summed E-state index contributed by atoms with van der Waals surface area (Å²) in [4.78, 5) is 11.2. The number of nitrogens with zero attached hydrogens (tertiary/aromatic N) is 1. The van der Waals surface area contributed by atoms with Gasteiger partial charge in [-0.15, -0.1) is 0 Å². The van der Waals surface area contributed by atoms with Crippen LogP contribution in [-0.4, -0.2) is 44.5 Å². The van der Waals surface area contributed by atoms with Crippen LogP contribution in [0.25, 0.3) is 0 Å². The normalized spacial score (nSPS) is 9.25. The Kier molecular flexibility index (Phi) is 3.35. The van der Waals surface area contributed by atoms with Gasteiger partial charge < -0.3 is 9.92 Å². The Morgan fingerprint density at radius 2 is 2.50 bits per heavy atom. The Balaban J connectivity index is 3.24. The van der Waals surface area contributed by atoms with Gasteiger partial charge in [0.25, 0.3) is 0 Å². The molecule has 0 aliphatic heterocycles. The molecule has 0 rings (SSSR count). The fourth-order valence-corrected chi connectivity index (χ4v) is 0.266. The topological polar surface area (TPSA) is 40.5 Å². The van der Waals surface area contributed by atoms with Gasteiger partial charge in [-0.3, -0.25) is 4.79 Å². The van der Waals surface area contributed by atoms with Crippen molar-refractivity contribution in [3.05, 3.63) is 0 Å². The number of rotatable bonds is 3. The first kappa shape index (κ1) is 7.56. The lowest BCUT2D eigenvalue weighted by atomic mass is 9.65. The van der Waals surface area contributed by atoms with Crippen molar-refractivity contribution in [3.63, 3.8) is 0 Å². The van der Waals surface area contributed by atoms with E-state index in [1.165, 1.54) is 12.1 Å². The van der Waals surface area contributed by atoms with E-state index in [-0.39, 0.29) is 6.54 Å². The van der Waals surface area contributed by atoms with E-state index in [0.29, 0.717) is 0 Å². The van der Waals surface area contributed by atoms with Crippen LogP contribution in [0, 0.1) is 0 Å². The van der Waals surface area contributed by atoms with Gasteiger partial charge >= 0.3 is 5.97 Å². The molecule has 0 atom stereocenters. The van der Waals surface area contributed by atoms with Gasteiger partial charge in [-0.1, -0.05) is 0 Å². The Hall–Kier alpha value is -0.440. The highest BCUT2D eigenvalue weighted by molar-refractivity contribution is 6.87. The van der Waals surface area contributed by atoms with E-state index in [1.54, 1.807) is 7.05 Å². The molecule has 0 heterocycles. The standard InChI is InChI=1S/C3H6B2NO2/c1-6(5-4)2-3(7)8/h2H2,1H3,(H,7,8). The molecule has 1 N–H and O–H groups in total. The largest absolute Gasteiger partial charge is 0.480 e. The summed E-state index contributed by atoms with van der Waals surface area (Å²) < 4.78 is 0. The molecule has 0 spiro atoms. The lowest BCUT2D eigenvalue weighted by molar-refractivity contribution is -0.137. The molecule has 0 fully saturated rings. The average molecular weight is 110 g/mol. The van der Waals surface area contributed by atoms with E-state index in [1.807, 2.05) is 0 Å². The maximum Gasteiger partial charge on any atom is 0.316 e. The van der Waals surface area contributed by atoms with Crippen LogP contribution < -0.4 is 0 Å². The van der Waals surface area contributed by atoms with Crippen LogP contribution in [0.4, 0.5) is 0 Å². The van der Waals surface area contributed by atoms with Crippen molar-refractivity contribution in [3.8, 4) is 0 Å². The molecule has 5 heteroatoms. The summed E-state index contributed by atoms with van der Waals surface area (Å²) in [5.74, 6) is -0.880. The highest BCUT2D eigenvalue weighted by Gasteiger charge is 1.99. The van der Waals surface area contributed by atoms with E-state index in [4.69, 9.17) is 12.8 Å². The molecule has 8 heavy (non-hydrogen) atoms. The fraction of sp³-hybridized carbons (Fsp3) is 0.667. The lowest BCUT2D eigenvalue weighted by Crippen LogP contribution is -2.29. The smallest absolute Gasteiger partial charge is 0.316 e. The average Bonchev–Trinajstić information content (AvgIpc) is 1.65. The number of aliphatic carboxylic acids is 1. The zero-order chi connectivity index (χ0) is 6.57. The molecular weight excluding hydrogens is 104 g/mol. The van der Waals surface area contributed by atoms with Gasteiger partial charge in [0.2, 0.25) is 0 Å². The van der Waals surface area contributed by atoms with Crippen LogP contribution in [0.2, 0.25) is 0 Å². The van der Waals surface area contributed by atoms with E-state index < -0.39 is 5.97 Å². The highest BCUT2D eigenvalue weighted by atomic mass is 16.4. The first-order chi connectivity index (χ1) is 3.66. The molecule has 0 saturated carbocycles. The van der Waals surface area contributed by atoms with Gasteiger partial charge in [-0.2, -0.15) is 0 Å². The third kappa shape index (κ3) is 3.74. The van der Waals surface area contributed by atoms with E-state index in [9.17, 15) is 4.79 Å². The summed E-state index contributed by atoms with van der Waals surface area (Å²) in [7, 11) is 7.77. The second-order valence-electron chi connectivity index (χ2n) is 1.46. The quantitative estimate of drug-likeness (QED) is 0.459. The summed E-state index contributed by atoms with van der Waals surface area (Å²) in [6.07, 6.45) is 0. The van der Waals surface area contributed by atoms with Crippen LogP contribution in [0.5, 0.6) is 0 Å². The second-order valence-corrected chi connectivity index (χ2v) is 1.46. The minimum absolute atomic E-state index is 0.0451. The van der Waals surface area contributed by atoms with Crippen molar-refractivity contribution in [2.24, 2.45) is 0 Å². The lowest BCUT2D eigenvalue weighted by Gasteiger charge is -2.08. The molecule has 0 aromatic heterocycles. The number of carbonyl (C=O) groups is 1. The highest BCUT2D eigenvalue weighted by Crippen LogP contribution is 1.72. The minimum Gasteiger partial charge on any atom is -0.480 e. The summed E-state index contributed by atoms with van der Waals surface area (Å²) in [5, 5.41) is 8.10. The Bertz CT molecular complexity index is 87.4. The van der Waals surface area contributed by atoms with E-state index in [0.717, 1.165) is 0 Å². The van der Waals surface area contributed by atoms with Crippen molar-refractivity contribution < 1.29 is 9.90 Å². The SMILES string of the molecule is [B][B]N(C)CC(=O)O. The number of carboxylic acids is 1. The molecule has 0 unspecified atom stereocenters. The molecule has 0 aromatic rings. The zero-order valence-corrected chi connectivity index (χ0v) is 4.66. The van der Waals surface area contributed by atoms with Crippen LogP contribution in [-0.2, 0) is 4.79 Å². The van der Waals surface area contributed by atoms with E-state index >= 15 is 0 Å². The van der Waals surface area contributed by atoms with Crippen molar-refractivity contribution in [2.45, 2.75) is 0 Å². The first-order valence-corrected chi connectivity index (χ1v) is 2.14. The van der Waals surface area contributed by atoms with Crippen LogP contribution >= 0.6 is 0 Å². The zero-order valence-electron chi connectivity index (χ0n) is 4.66. The fourth-order valence-electron chi connectivity index (χ4n) is 0.266. The van der Waals surface area contributed by atoms with Crippen molar-refractivity contribution >= 4 is 21.0 Å². The number of likely N-dealkylation sites (N-methyl/N-ethyl adjacent to an activating group) is 1. The Morgan fingerprint density at radius 3 is 2.62 bits per heavy atom. The summed E-state index contributed by atoms with van der Waals surface area (Å²) in [6, 6.07) is 0. The molecule has 0 aliphatic rings.